The Morgan fingerprint density at radius 3 is 2.67 bits per heavy atom. The molecule has 4 nitrogen and oxygen atoms in total. The van der Waals surface area contributed by atoms with Crippen molar-refractivity contribution in [2.24, 2.45) is 0 Å². The standard InChI is InChI=1S/C15H9F2NO3/c16-4-3-8-5-10(19)7-12-14(8)21-15(18-12)9-1-2-13(20)11(17)6-9/h1-7,19-20H/b4-3-. The molecule has 0 aliphatic carbocycles. The highest BCUT2D eigenvalue weighted by Gasteiger charge is 2.13. The monoisotopic (exact) mass is 289 g/mol. The van der Waals surface area contributed by atoms with Crippen molar-refractivity contribution in [3.05, 3.63) is 48.0 Å². The van der Waals surface area contributed by atoms with Crippen molar-refractivity contribution in [2.45, 2.75) is 0 Å². The van der Waals surface area contributed by atoms with Gasteiger partial charge >= 0.3 is 0 Å². The van der Waals surface area contributed by atoms with Crippen LogP contribution >= 0.6 is 0 Å². The van der Waals surface area contributed by atoms with Gasteiger partial charge in [-0.05, 0) is 30.3 Å². The minimum absolute atomic E-state index is 0.0904. The number of hydrogen-bond acceptors (Lipinski definition) is 4. The normalized spacial score (nSPS) is 11.5. The summed E-state index contributed by atoms with van der Waals surface area (Å²) in [6, 6.07) is 6.37. The minimum atomic E-state index is -0.804. The van der Waals surface area contributed by atoms with Gasteiger partial charge in [0.15, 0.2) is 17.1 Å². The van der Waals surface area contributed by atoms with E-state index in [1.165, 1.54) is 24.3 Å². The number of hydrogen-bond donors (Lipinski definition) is 2. The molecule has 0 radical (unpaired) electrons. The minimum Gasteiger partial charge on any atom is -0.508 e. The van der Waals surface area contributed by atoms with E-state index in [4.69, 9.17) is 4.42 Å². The lowest BCUT2D eigenvalue weighted by atomic mass is 10.2. The summed E-state index contributed by atoms with van der Waals surface area (Å²) in [6.07, 6.45) is 1.44. The van der Waals surface area contributed by atoms with Gasteiger partial charge in [0, 0.05) is 17.2 Å². The Labute approximate surface area is 117 Å². The fraction of sp³-hybridized carbons (Fsp3) is 0. The van der Waals surface area contributed by atoms with Crippen molar-refractivity contribution in [1.82, 2.24) is 4.98 Å². The predicted molar refractivity (Wildman–Crippen MR) is 72.9 cm³/mol. The van der Waals surface area contributed by atoms with Gasteiger partial charge in [0.25, 0.3) is 0 Å². The Hall–Kier alpha value is -2.89. The zero-order chi connectivity index (χ0) is 15.0. The number of aromatic hydroxyl groups is 2. The molecule has 2 aromatic carbocycles. The van der Waals surface area contributed by atoms with Crippen molar-refractivity contribution in [3.63, 3.8) is 0 Å². The summed E-state index contributed by atoms with van der Waals surface area (Å²) in [5.41, 5.74) is 1.21. The molecule has 0 amide bonds. The SMILES string of the molecule is Oc1cc(/C=C\F)c2oc(-c3ccc(O)c(F)c3)nc2c1. The van der Waals surface area contributed by atoms with E-state index in [-0.39, 0.29) is 17.2 Å². The first-order valence-corrected chi connectivity index (χ1v) is 5.97. The third kappa shape index (κ3) is 2.31. The van der Waals surface area contributed by atoms with Gasteiger partial charge in [0.2, 0.25) is 5.89 Å². The van der Waals surface area contributed by atoms with E-state index < -0.39 is 11.6 Å². The van der Waals surface area contributed by atoms with E-state index in [1.807, 2.05) is 0 Å². The summed E-state index contributed by atoms with van der Waals surface area (Å²) in [4.78, 5) is 4.13. The molecule has 0 unspecified atom stereocenters. The second-order valence-corrected chi connectivity index (χ2v) is 4.36. The molecule has 106 valence electrons. The number of nitrogens with zero attached hydrogens (tertiary/aromatic N) is 1. The van der Waals surface area contributed by atoms with Crippen molar-refractivity contribution in [1.29, 1.82) is 0 Å². The van der Waals surface area contributed by atoms with Crippen LogP contribution in [0, 0.1) is 5.82 Å². The lowest BCUT2D eigenvalue weighted by Crippen LogP contribution is -1.80. The first kappa shape index (κ1) is 13.1. The van der Waals surface area contributed by atoms with Crippen LogP contribution in [0.3, 0.4) is 0 Å². The molecule has 21 heavy (non-hydrogen) atoms. The van der Waals surface area contributed by atoms with Crippen LogP contribution < -0.4 is 0 Å². The third-order valence-corrected chi connectivity index (χ3v) is 2.94. The van der Waals surface area contributed by atoms with Crippen LogP contribution in [0.5, 0.6) is 11.5 Å². The summed E-state index contributed by atoms with van der Waals surface area (Å²) < 4.78 is 31.2. The average Bonchev–Trinajstić information content (AvgIpc) is 2.86. The Balaban J connectivity index is 2.20. The molecule has 0 aliphatic rings. The van der Waals surface area contributed by atoms with Gasteiger partial charge in [0.05, 0.1) is 6.33 Å². The van der Waals surface area contributed by atoms with Crippen LogP contribution in [0.25, 0.3) is 28.6 Å². The third-order valence-electron chi connectivity index (χ3n) is 2.94. The highest BCUT2D eigenvalue weighted by Crippen LogP contribution is 2.31. The maximum atomic E-state index is 13.4. The summed E-state index contributed by atoms with van der Waals surface area (Å²) in [7, 11) is 0. The molecule has 0 bridgehead atoms. The van der Waals surface area contributed by atoms with Gasteiger partial charge in [-0.3, -0.25) is 0 Å². The smallest absolute Gasteiger partial charge is 0.227 e. The van der Waals surface area contributed by atoms with Crippen LogP contribution in [0.1, 0.15) is 5.56 Å². The second-order valence-electron chi connectivity index (χ2n) is 4.36. The summed E-state index contributed by atoms with van der Waals surface area (Å²) in [5.74, 6) is -1.27. The van der Waals surface area contributed by atoms with E-state index in [0.29, 0.717) is 23.0 Å². The molecule has 0 atom stereocenters. The average molecular weight is 289 g/mol. The maximum Gasteiger partial charge on any atom is 0.227 e. The highest BCUT2D eigenvalue weighted by atomic mass is 19.1. The molecule has 0 aliphatic heterocycles. The first-order valence-electron chi connectivity index (χ1n) is 5.97. The fourth-order valence-electron chi connectivity index (χ4n) is 2.00. The maximum absolute atomic E-state index is 13.4. The first-order chi connectivity index (χ1) is 10.1. The number of rotatable bonds is 2. The topological polar surface area (TPSA) is 66.5 Å². The van der Waals surface area contributed by atoms with Gasteiger partial charge in [-0.15, -0.1) is 0 Å². The lowest BCUT2D eigenvalue weighted by Gasteiger charge is -1.97. The van der Waals surface area contributed by atoms with Crippen LogP contribution in [0.2, 0.25) is 0 Å². The molecule has 0 fully saturated rings. The van der Waals surface area contributed by atoms with Gasteiger partial charge in [-0.1, -0.05) is 0 Å². The number of phenols is 2. The molecule has 0 spiro atoms. The van der Waals surface area contributed by atoms with E-state index in [1.54, 1.807) is 0 Å². The molecule has 0 saturated carbocycles. The summed E-state index contributed by atoms with van der Waals surface area (Å²) >= 11 is 0. The predicted octanol–water partition coefficient (Wildman–Crippen LogP) is 3.99. The molecule has 1 aromatic heterocycles. The Bertz CT molecular complexity index is 855. The molecule has 0 saturated heterocycles. The van der Waals surface area contributed by atoms with Crippen molar-refractivity contribution >= 4 is 17.2 Å². The number of phenolic OH excluding ortho intramolecular Hbond substituents is 2. The molecule has 6 heteroatoms. The van der Waals surface area contributed by atoms with E-state index >= 15 is 0 Å². The number of halogens is 2. The molecular weight excluding hydrogens is 280 g/mol. The molecule has 3 aromatic rings. The number of oxazole rings is 1. The molecular formula is C15H9F2NO3. The van der Waals surface area contributed by atoms with E-state index in [0.717, 1.165) is 12.1 Å². The van der Waals surface area contributed by atoms with E-state index in [9.17, 15) is 19.0 Å². The van der Waals surface area contributed by atoms with Gasteiger partial charge in [-0.2, -0.15) is 0 Å². The van der Waals surface area contributed by atoms with Crippen LogP contribution in [0.4, 0.5) is 8.78 Å². The number of fused-ring (bicyclic) bond motifs is 1. The summed E-state index contributed by atoms with van der Waals surface area (Å²) in [6.45, 7) is 0. The lowest BCUT2D eigenvalue weighted by molar-refractivity contribution is 0.432. The summed E-state index contributed by atoms with van der Waals surface area (Å²) in [5, 5.41) is 18.7. The van der Waals surface area contributed by atoms with Crippen molar-refractivity contribution in [2.75, 3.05) is 0 Å². The van der Waals surface area contributed by atoms with Gasteiger partial charge < -0.3 is 14.6 Å². The highest BCUT2D eigenvalue weighted by molar-refractivity contribution is 5.86. The van der Waals surface area contributed by atoms with Crippen LogP contribution in [-0.4, -0.2) is 15.2 Å². The number of benzene rings is 2. The zero-order valence-electron chi connectivity index (χ0n) is 10.5. The van der Waals surface area contributed by atoms with Crippen LogP contribution in [0.15, 0.2) is 41.1 Å². The zero-order valence-corrected chi connectivity index (χ0v) is 10.5. The fourth-order valence-corrected chi connectivity index (χ4v) is 2.00. The Kier molecular flexibility index (Phi) is 3.06. The quantitative estimate of drug-likeness (QED) is 0.748. The Morgan fingerprint density at radius 2 is 1.95 bits per heavy atom. The molecule has 3 rings (SSSR count). The molecule has 1 heterocycles. The number of aromatic nitrogens is 1. The Morgan fingerprint density at radius 1 is 1.14 bits per heavy atom. The van der Waals surface area contributed by atoms with Crippen molar-refractivity contribution < 1.29 is 23.4 Å². The molecule has 2 N–H and O–H groups in total. The second kappa shape index (κ2) is 4.90. The van der Waals surface area contributed by atoms with Gasteiger partial charge in [0.1, 0.15) is 11.3 Å². The van der Waals surface area contributed by atoms with E-state index in [2.05, 4.69) is 4.98 Å². The van der Waals surface area contributed by atoms with Crippen molar-refractivity contribution in [3.8, 4) is 23.0 Å². The van der Waals surface area contributed by atoms with Crippen LogP contribution in [-0.2, 0) is 0 Å². The largest absolute Gasteiger partial charge is 0.508 e. The van der Waals surface area contributed by atoms with Gasteiger partial charge in [-0.25, -0.2) is 13.8 Å².